The van der Waals surface area contributed by atoms with Crippen LogP contribution in [0.4, 0.5) is 0 Å². The summed E-state index contributed by atoms with van der Waals surface area (Å²) in [6.45, 7) is 3.03. The molecule has 0 fully saturated rings. The van der Waals surface area contributed by atoms with Gasteiger partial charge in [0, 0.05) is 5.56 Å². The van der Waals surface area contributed by atoms with E-state index < -0.39 is 6.29 Å². The number of Topliss-reactive ketones (excluding diaryl/α,β-unsaturated/α-hetero) is 1. The van der Waals surface area contributed by atoms with Crippen LogP contribution in [0.1, 0.15) is 24.2 Å². The van der Waals surface area contributed by atoms with Crippen molar-refractivity contribution in [3.05, 3.63) is 29.8 Å². The predicted molar refractivity (Wildman–Crippen MR) is 48.8 cm³/mol. The van der Waals surface area contributed by atoms with Crippen LogP contribution < -0.4 is 4.74 Å². The van der Waals surface area contributed by atoms with Crippen molar-refractivity contribution in [2.75, 3.05) is 0 Å². The number of ketones is 1. The summed E-state index contributed by atoms with van der Waals surface area (Å²) in [6.07, 6.45) is -0.830. The number of aliphatic hydroxyl groups excluding tert-OH is 1. The van der Waals surface area contributed by atoms with Gasteiger partial charge in [0.1, 0.15) is 5.75 Å². The molecule has 0 heterocycles. The van der Waals surface area contributed by atoms with Gasteiger partial charge >= 0.3 is 0 Å². The first-order valence-electron chi connectivity index (χ1n) is 4.05. The summed E-state index contributed by atoms with van der Waals surface area (Å²) in [7, 11) is 0. The standard InChI is InChI=1S/C10H12O3/c1-7(11)9-3-5-10(6-4-9)13-8(2)12/h3-6,8,12H,1-2H3. The number of aliphatic hydroxyl groups is 1. The highest BCUT2D eigenvalue weighted by atomic mass is 16.6. The van der Waals surface area contributed by atoms with E-state index in [0.717, 1.165) is 0 Å². The monoisotopic (exact) mass is 180 g/mol. The molecular formula is C10H12O3. The molecule has 13 heavy (non-hydrogen) atoms. The number of benzene rings is 1. The van der Waals surface area contributed by atoms with Gasteiger partial charge < -0.3 is 9.84 Å². The zero-order valence-electron chi connectivity index (χ0n) is 7.65. The van der Waals surface area contributed by atoms with E-state index in [2.05, 4.69) is 0 Å². The molecule has 1 aromatic rings. The van der Waals surface area contributed by atoms with Crippen molar-refractivity contribution in [1.29, 1.82) is 0 Å². The van der Waals surface area contributed by atoms with Gasteiger partial charge in [-0.3, -0.25) is 4.79 Å². The lowest BCUT2D eigenvalue weighted by molar-refractivity contribution is -0.000290. The summed E-state index contributed by atoms with van der Waals surface area (Å²) in [6, 6.07) is 6.65. The van der Waals surface area contributed by atoms with Crippen LogP contribution in [0.3, 0.4) is 0 Å². The van der Waals surface area contributed by atoms with Crippen LogP contribution in [0.15, 0.2) is 24.3 Å². The predicted octanol–water partition coefficient (Wildman–Crippen LogP) is 1.61. The highest BCUT2D eigenvalue weighted by Crippen LogP contribution is 2.13. The molecule has 1 N–H and O–H groups in total. The van der Waals surface area contributed by atoms with E-state index in [1.54, 1.807) is 24.3 Å². The highest BCUT2D eigenvalue weighted by molar-refractivity contribution is 5.94. The number of rotatable bonds is 3. The molecule has 0 aliphatic carbocycles. The molecule has 3 heteroatoms. The molecule has 0 spiro atoms. The molecule has 0 aliphatic heterocycles. The van der Waals surface area contributed by atoms with Crippen molar-refractivity contribution in [3.8, 4) is 5.75 Å². The fourth-order valence-electron chi connectivity index (χ4n) is 0.965. The normalized spacial score (nSPS) is 12.2. The van der Waals surface area contributed by atoms with E-state index in [1.165, 1.54) is 13.8 Å². The van der Waals surface area contributed by atoms with E-state index in [1.807, 2.05) is 0 Å². The Balaban J connectivity index is 2.75. The maximum absolute atomic E-state index is 10.9. The molecule has 1 aromatic carbocycles. The summed E-state index contributed by atoms with van der Waals surface area (Å²) in [5.74, 6) is 0.573. The lowest BCUT2D eigenvalue weighted by Crippen LogP contribution is -2.09. The topological polar surface area (TPSA) is 46.5 Å². The number of carbonyl (C=O) groups excluding carboxylic acids is 1. The zero-order valence-corrected chi connectivity index (χ0v) is 7.65. The van der Waals surface area contributed by atoms with Gasteiger partial charge in [-0.25, -0.2) is 0 Å². The smallest absolute Gasteiger partial charge is 0.194 e. The first kappa shape index (κ1) is 9.74. The second kappa shape index (κ2) is 4.05. The Morgan fingerprint density at radius 1 is 1.38 bits per heavy atom. The third-order valence-electron chi connectivity index (χ3n) is 1.57. The molecule has 1 rings (SSSR count). The number of hydrogen-bond acceptors (Lipinski definition) is 3. The molecular weight excluding hydrogens is 168 g/mol. The van der Waals surface area contributed by atoms with Gasteiger partial charge in [0.05, 0.1) is 0 Å². The van der Waals surface area contributed by atoms with Gasteiger partial charge in [0.2, 0.25) is 0 Å². The maximum Gasteiger partial charge on any atom is 0.194 e. The van der Waals surface area contributed by atoms with Crippen molar-refractivity contribution in [2.45, 2.75) is 20.1 Å². The Kier molecular flexibility index (Phi) is 3.03. The first-order chi connectivity index (χ1) is 6.09. The largest absolute Gasteiger partial charge is 0.465 e. The third kappa shape index (κ3) is 2.87. The Morgan fingerprint density at radius 2 is 1.92 bits per heavy atom. The number of carbonyl (C=O) groups is 1. The van der Waals surface area contributed by atoms with Gasteiger partial charge in [0.25, 0.3) is 0 Å². The SMILES string of the molecule is CC(=O)c1ccc(OC(C)O)cc1. The molecule has 1 unspecified atom stereocenters. The molecule has 70 valence electrons. The van der Waals surface area contributed by atoms with E-state index in [-0.39, 0.29) is 5.78 Å². The molecule has 0 bridgehead atoms. The average Bonchev–Trinajstić information content (AvgIpc) is 2.04. The maximum atomic E-state index is 10.9. The first-order valence-corrected chi connectivity index (χ1v) is 4.05. The fourth-order valence-corrected chi connectivity index (χ4v) is 0.965. The Morgan fingerprint density at radius 3 is 2.31 bits per heavy atom. The molecule has 0 saturated carbocycles. The summed E-state index contributed by atoms with van der Waals surface area (Å²) in [5, 5.41) is 8.90. The van der Waals surface area contributed by atoms with Gasteiger partial charge in [-0.05, 0) is 38.1 Å². The van der Waals surface area contributed by atoms with Crippen LogP contribution in [0.25, 0.3) is 0 Å². The molecule has 1 atom stereocenters. The Bertz CT molecular complexity index is 288. The van der Waals surface area contributed by atoms with E-state index in [9.17, 15) is 4.79 Å². The van der Waals surface area contributed by atoms with Crippen LogP contribution in [0.2, 0.25) is 0 Å². The number of hydrogen-bond donors (Lipinski definition) is 1. The van der Waals surface area contributed by atoms with E-state index in [0.29, 0.717) is 11.3 Å². The molecule has 3 nitrogen and oxygen atoms in total. The zero-order chi connectivity index (χ0) is 9.84. The van der Waals surface area contributed by atoms with E-state index in [4.69, 9.17) is 9.84 Å². The van der Waals surface area contributed by atoms with Crippen molar-refractivity contribution in [1.82, 2.24) is 0 Å². The van der Waals surface area contributed by atoms with Gasteiger partial charge in [-0.2, -0.15) is 0 Å². The molecule has 0 radical (unpaired) electrons. The van der Waals surface area contributed by atoms with Crippen LogP contribution in [-0.4, -0.2) is 17.2 Å². The van der Waals surface area contributed by atoms with Crippen LogP contribution in [-0.2, 0) is 0 Å². The fraction of sp³-hybridized carbons (Fsp3) is 0.300. The molecule has 0 aliphatic rings. The lowest BCUT2D eigenvalue weighted by atomic mass is 10.1. The third-order valence-corrected chi connectivity index (χ3v) is 1.57. The average molecular weight is 180 g/mol. The van der Waals surface area contributed by atoms with E-state index >= 15 is 0 Å². The van der Waals surface area contributed by atoms with Gasteiger partial charge in [0.15, 0.2) is 12.1 Å². The van der Waals surface area contributed by atoms with Crippen LogP contribution in [0, 0.1) is 0 Å². The second-order valence-corrected chi connectivity index (χ2v) is 2.80. The minimum Gasteiger partial charge on any atom is -0.465 e. The Labute approximate surface area is 77.0 Å². The highest BCUT2D eigenvalue weighted by Gasteiger charge is 2.00. The van der Waals surface area contributed by atoms with Crippen molar-refractivity contribution < 1.29 is 14.6 Å². The van der Waals surface area contributed by atoms with Crippen molar-refractivity contribution in [3.63, 3.8) is 0 Å². The summed E-state index contributed by atoms with van der Waals surface area (Å²) < 4.78 is 4.99. The number of ether oxygens (including phenoxy) is 1. The van der Waals surface area contributed by atoms with Crippen LogP contribution >= 0.6 is 0 Å². The van der Waals surface area contributed by atoms with Gasteiger partial charge in [-0.1, -0.05) is 0 Å². The summed E-state index contributed by atoms with van der Waals surface area (Å²) in [4.78, 5) is 10.9. The van der Waals surface area contributed by atoms with Gasteiger partial charge in [-0.15, -0.1) is 0 Å². The van der Waals surface area contributed by atoms with Crippen molar-refractivity contribution >= 4 is 5.78 Å². The molecule has 0 aromatic heterocycles. The summed E-state index contributed by atoms with van der Waals surface area (Å²) in [5.41, 5.74) is 0.637. The molecule has 0 saturated heterocycles. The minimum atomic E-state index is -0.830. The minimum absolute atomic E-state index is 0.0172. The van der Waals surface area contributed by atoms with Crippen molar-refractivity contribution in [2.24, 2.45) is 0 Å². The second-order valence-electron chi connectivity index (χ2n) is 2.80. The summed E-state index contributed by atoms with van der Waals surface area (Å²) >= 11 is 0. The Hall–Kier alpha value is -1.35. The molecule has 0 amide bonds. The quantitative estimate of drug-likeness (QED) is 0.567. The van der Waals surface area contributed by atoms with Crippen LogP contribution in [0.5, 0.6) is 5.75 Å². The lowest BCUT2D eigenvalue weighted by Gasteiger charge is -2.08.